The molecule has 2 heterocycles. The van der Waals surface area contributed by atoms with Gasteiger partial charge in [-0.05, 0) is 41.1 Å². The Morgan fingerprint density at radius 1 is 1.11 bits per heavy atom. The van der Waals surface area contributed by atoms with E-state index in [-0.39, 0.29) is 11.7 Å². The lowest BCUT2D eigenvalue weighted by atomic mass is 9.92. The molecule has 0 bridgehead atoms. The summed E-state index contributed by atoms with van der Waals surface area (Å²) in [5.74, 6) is 0.270. The number of halogens is 1. The van der Waals surface area contributed by atoms with Crippen molar-refractivity contribution in [1.29, 1.82) is 0 Å². The number of H-pyrrole nitrogens is 1. The number of aromatic amines is 1. The van der Waals surface area contributed by atoms with E-state index in [1.54, 1.807) is 30.8 Å². The molecule has 144 valence electrons. The summed E-state index contributed by atoms with van der Waals surface area (Å²) >= 11 is 0. The number of hydrogen-bond acceptors (Lipinski definition) is 4. The average molecular weight is 396 g/mol. The summed E-state index contributed by atoms with van der Waals surface area (Å²) in [7, 11) is -2.40. The highest BCUT2D eigenvalue weighted by Crippen LogP contribution is 2.40. The van der Waals surface area contributed by atoms with Gasteiger partial charge >= 0.3 is 0 Å². The van der Waals surface area contributed by atoms with E-state index in [2.05, 4.69) is 28.4 Å². The van der Waals surface area contributed by atoms with Gasteiger partial charge in [-0.2, -0.15) is 9.46 Å². The second-order valence-electron chi connectivity index (χ2n) is 7.48. The molecule has 4 aromatic rings. The molecule has 0 radical (unpaired) electrons. The van der Waals surface area contributed by atoms with Crippen molar-refractivity contribution < 1.29 is 8.60 Å². The molecule has 0 saturated carbocycles. The molecule has 5 nitrogen and oxygen atoms in total. The second-order valence-corrected chi connectivity index (χ2v) is 10.0. The maximum atomic E-state index is 13.5. The van der Waals surface area contributed by atoms with Crippen LogP contribution >= 0.6 is 0 Å². The number of rotatable bonds is 3. The molecule has 1 N–H and O–H groups in total. The highest BCUT2D eigenvalue weighted by atomic mass is 32.2. The number of benzene rings is 2. The van der Waals surface area contributed by atoms with E-state index in [1.165, 1.54) is 12.1 Å². The number of fused-ring (bicyclic) bond motifs is 2. The standard InChI is InChI=1S/C21H21FN4OS/c1-12(2)20-19(13-5-7-15(22)8-6-13)16-9-14-11-23-25-18(14)10-17(16)21(24-20)26-28(3,4)27/h5-12H,1-4H3,(H,23,25). The molecule has 0 unspecified atom stereocenters. The molecule has 0 aliphatic rings. The summed E-state index contributed by atoms with van der Waals surface area (Å²) < 4.78 is 30.4. The van der Waals surface area contributed by atoms with Crippen LogP contribution in [0.15, 0.2) is 47.0 Å². The molecule has 0 aliphatic carbocycles. The van der Waals surface area contributed by atoms with Crippen molar-refractivity contribution in [3.8, 4) is 11.1 Å². The predicted molar refractivity (Wildman–Crippen MR) is 113 cm³/mol. The first-order valence-electron chi connectivity index (χ1n) is 8.97. The van der Waals surface area contributed by atoms with Crippen molar-refractivity contribution >= 4 is 37.2 Å². The minimum Gasteiger partial charge on any atom is -0.278 e. The Kier molecular flexibility index (Phi) is 4.42. The Morgan fingerprint density at radius 2 is 1.82 bits per heavy atom. The van der Waals surface area contributed by atoms with Crippen molar-refractivity contribution in [2.45, 2.75) is 19.8 Å². The Hall–Kier alpha value is -2.80. The number of nitrogens with one attached hydrogen (secondary N) is 1. The van der Waals surface area contributed by atoms with Gasteiger partial charge in [0.2, 0.25) is 0 Å². The molecule has 2 aromatic heterocycles. The normalized spacial score (nSPS) is 12.2. The van der Waals surface area contributed by atoms with Gasteiger partial charge in [-0.1, -0.05) is 26.0 Å². The molecule has 0 amide bonds. The van der Waals surface area contributed by atoms with Gasteiger partial charge in [-0.25, -0.2) is 13.6 Å². The molecular formula is C21H21FN4OS. The molecule has 0 aliphatic heterocycles. The molecule has 7 heteroatoms. The van der Waals surface area contributed by atoms with Gasteiger partial charge in [0, 0.05) is 38.6 Å². The Balaban J connectivity index is 2.20. The number of aromatic nitrogens is 3. The van der Waals surface area contributed by atoms with E-state index in [1.807, 2.05) is 12.1 Å². The van der Waals surface area contributed by atoms with E-state index < -0.39 is 9.73 Å². The molecule has 0 saturated heterocycles. The van der Waals surface area contributed by atoms with Gasteiger partial charge in [0.1, 0.15) is 5.82 Å². The molecular weight excluding hydrogens is 375 g/mol. The number of hydrogen-bond donors (Lipinski definition) is 1. The van der Waals surface area contributed by atoms with Crippen LogP contribution in [0.3, 0.4) is 0 Å². The van der Waals surface area contributed by atoms with Crippen LogP contribution in [0.5, 0.6) is 0 Å². The van der Waals surface area contributed by atoms with Crippen LogP contribution in [0.1, 0.15) is 25.5 Å². The summed E-state index contributed by atoms with van der Waals surface area (Å²) in [5, 5.41) is 9.76. The van der Waals surface area contributed by atoms with Gasteiger partial charge < -0.3 is 0 Å². The fourth-order valence-corrected chi connectivity index (χ4v) is 3.92. The molecule has 0 fully saturated rings. The smallest absolute Gasteiger partial charge is 0.169 e. The van der Waals surface area contributed by atoms with E-state index in [0.29, 0.717) is 5.82 Å². The quantitative estimate of drug-likeness (QED) is 0.504. The molecule has 0 atom stereocenters. The monoisotopic (exact) mass is 396 g/mol. The second kappa shape index (κ2) is 6.67. The fourth-order valence-electron chi connectivity index (χ4n) is 3.37. The van der Waals surface area contributed by atoms with Gasteiger partial charge in [0.25, 0.3) is 0 Å². The third-order valence-corrected chi connectivity index (χ3v) is 5.17. The summed E-state index contributed by atoms with van der Waals surface area (Å²) in [5.41, 5.74) is 3.51. The fraction of sp³-hybridized carbons (Fsp3) is 0.238. The van der Waals surface area contributed by atoms with Gasteiger partial charge in [0.15, 0.2) is 5.82 Å². The van der Waals surface area contributed by atoms with Crippen LogP contribution in [0.2, 0.25) is 0 Å². The minimum absolute atomic E-state index is 0.100. The maximum absolute atomic E-state index is 13.5. The van der Waals surface area contributed by atoms with Crippen LogP contribution in [-0.4, -0.2) is 31.9 Å². The minimum atomic E-state index is -2.40. The first-order valence-corrected chi connectivity index (χ1v) is 11.3. The number of nitrogens with zero attached hydrogens (tertiary/aromatic N) is 3. The van der Waals surface area contributed by atoms with Gasteiger partial charge in [-0.15, -0.1) is 0 Å². The zero-order chi connectivity index (χ0) is 20.1. The molecule has 28 heavy (non-hydrogen) atoms. The highest BCUT2D eigenvalue weighted by Gasteiger charge is 2.19. The molecule has 2 aromatic carbocycles. The lowest BCUT2D eigenvalue weighted by Crippen LogP contribution is -2.00. The molecule has 4 rings (SSSR count). The van der Waals surface area contributed by atoms with Gasteiger partial charge in [-0.3, -0.25) is 5.10 Å². The Morgan fingerprint density at radius 3 is 2.46 bits per heavy atom. The highest BCUT2D eigenvalue weighted by molar-refractivity contribution is 7.92. The lowest BCUT2D eigenvalue weighted by Gasteiger charge is -2.17. The third kappa shape index (κ3) is 3.38. The van der Waals surface area contributed by atoms with Crippen LogP contribution in [0, 0.1) is 5.82 Å². The summed E-state index contributed by atoms with van der Waals surface area (Å²) in [4.78, 5) is 4.80. The van der Waals surface area contributed by atoms with Crippen LogP contribution in [-0.2, 0) is 9.73 Å². The van der Waals surface area contributed by atoms with E-state index in [4.69, 9.17) is 4.98 Å². The SMILES string of the molecule is CC(C)c1nc(N=S(C)(C)=O)c2cc3[nH]ncc3cc2c1-c1ccc(F)cc1. The summed E-state index contributed by atoms with van der Waals surface area (Å²) in [6.45, 7) is 4.10. The zero-order valence-corrected chi connectivity index (χ0v) is 17.0. The predicted octanol–water partition coefficient (Wildman–Crippen LogP) is 5.40. The third-order valence-electron chi connectivity index (χ3n) is 4.56. The lowest BCUT2D eigenvalue weighted by molar-refractivity contribution is 0.628. The van der Waals surface area contributed by atoms with Crippen LogP contribution in [0.25, 0.3) is 32.8 Å². The van der Waals surface area contributed by atoms with E-state index in [0.717, 1.165) is 38.5 Å². The Bertz CT molecular complexity index is 1310. The first-order chi connectivity index (χ1) is 13.2. The van der Waals surface area contributed by atoms with Crippen molar-refractivity contribution in [2.75, 3.05) is 12.5 Å². The number of pyridine rings is 1. The van der Waals surface area contributed by atoms with Gasteiger partial charge in [0.05, 0.1) is 17.4 Å². The molecule has 0 spiro atoms. The van der Waals surface area contributed by atoms with Crippen molar-refractivity contribution in [2.24, 2.45) is 4.36 Å². The first kappa shape index (κ1) is 18.6. The van der Waals surface area contributed by atoms with E-state index in [9.17, 15) is 8.60 Å². The van der Waals surface area contributed by atoms with Crippen molar-refractivity contribution in [1.82, 2.24) is 15.2 Å². The van der Waals surface area contributed by atoms with Crippen molar-refractivity contribution in [3.05, 3.63) is 54.1 Å². The Labute approximate surface area is 163 Å². The van der Waals surface area contributed by atoms with Crippen LogP contribution < -0.4 is 0 Å². The largest absolute Gasteiger partial charge is 0.278 e. The average Bonchev–Trinajstić information content (AvgIpc) is 3.07. The summed E-state index contributed by atoms with van der Waals surface area (Å²) in [6, 6.07) is 10.4. The van der Waals surface area contributed by atoms with Crippen LogP contribution in [0.4, 0.5) is 10.2 Å². The van der Waals surface area contributed by atoms with E-state index >= 15 is 0 Å². The summed E-state index contributed by atoms with van der Waals surface area (Å²) in [6.07, 6.45) is 4.95. The topological polar surface area (TPSA) is 71.0 Å². The maximum Gasteiger partial charge on any atom is 0.169 e. The zero-order valence-electron chi connectivity index (χ0n) is 16.2. The van der Waals surface area contributed by atoms with Crippen molar-refractivity contribution in [3.63, 3.8) is 0 Å².